The Hall–Kier alpha value is -1.96. The molecule has 0 saturated heterocycles. The number of aromatic nitrogens is 2. The Kier molecular flexibility index (Phi) is 3.56. The number of hydrogen-bond acceptors (Lipinski definition) is 6. The van der Waals surface area contributed by atoms with Gasteiger partial charge >= 0.3 is 5.69 Å². The molecular formula is C10H9BrN4O3. The van der Waals surface area contributed by atoms with Gasteiger partial charge in [0.15, 0.2) is 0 Å². The van der Waals surface area contributed by atoms with Crippen LogP contribution in [0.25, 0.3) is 0 Å². The van der Waals surface area contributed by atoms with E-state index in [1.807, 2.05) is 0 Å². The van der Waals surface area contributed by atoms with Gasteiger partial charge in [0.25, 0.3) is 0 Å². The van der Waals surface area contributed by atoms with Crippen LogP contribution in [-0.2, 0) is 6.54 Å². The number of halogens is 1. The Morgan fingerprint density at radius 1 is 1.50 bits per heavy atom. The highest BCUT2D eigenvalue weighted by Crippen LogP contribution is 2.25. The Morgan fingerprint density at radius 2 is 2.28 bits per heavy atom. The molecule has 0 spiro atoms. The zero-order valence-electron chi connectivity index (χ0n) is 9.38. The Labute approximate surface area is 111 Å². The molecule has 0 bridgehead atoms. The quantitative estimate of drug-likeness (QED) is 0.689. The van der Waals surface area contributed by atoms with Crippen LogP contribution in [0.1, 0.15) is 11.7 Å². The Morgan fingerprint density at radius 3 is 2.89 bits per heavy atom. The number of nitro groups is 1. The molecule has 0 atom stereocenters. The number of nitrogens with one attached hydrogen (secondary N) is 1. The van der Waals surface area contributed by atoms with Crippen LogP contribution < -0.4 is 5.32 Å². The smallest absolute Gasteiger partial charge is 0.312 e. The summed E-state index contributed by atoms with van der Waals surface area (Å²) in [5.74, 6) is 1.32. The summed E-state index contributed by atoms with van der Waals surface area (Å²) in [6.45, 7) is 2.01. The summed E-state index contributed by atoms with van der Waals surface area (Å²) in [6.07, 6.45) is 3.07. The molecule has 18 heavy (non-hydrogen) atoms. The SMILES string of the molecule is Cc1cnc(CNc2ncc(Br)cc2[N+](=O)[O-])o1. The number of oxazole rings is 1. The van der Waals surface area contributed by atoms with Crippen molar-refractivity contribution in [3.63, 3.8) is 0 Å². The van der Waals surface area contributed by atoms with E-state index in [-0.39, 0.29) is 18.1 Å². The highest BCUT2D eigenvalue weighted by Gasteiger charge is 2.16. The summed E-state index contributed by atoms with van der Waals surface area (Å²) >= 11 is 3.14. The lowest BCUT2D eigenvalue weighted by molar-refractivity contribution is -0.384. The van der Waals surface area contributed by atoms with Crippen molar-refractivity contribution in [1.29, 1.82) is 0 Å². The fraction of sp³-hybridized carbons (Fsp3) is 0.200. The lowest BCUT2D eigenvalue weighted by Gasteiger charge is -2.03. The molecule has 0 radical (unpaired) electrons. The van der Waals surface area contributed by atoms with Crippen molar-refractivity contribution in [3.8, 4) is 0 Å². The van der Waals surface area contributed by atoms with Crippen molar-refractivity contribution in [2.75, 3.05) is 5.32 Å². The first-order chi connectivity index (χ1) is 8.56. The van der Waals surface area contributed by atoms with Crippen LogP contribution >= 0.6 is 15.9 Å². The standard InChI is InChI=1S/C10H9BrN4O3/c1-6-3-12-9(18-6)5-14-10-8(15(16)17)2-7(11)4-13-10/h2-4H,5H2,1H3,(H,13,14). The van der Waals surface area contributed by atoms with Crippen molar-refractivity contribution >= 4 is 27.4 Å². The highest BCUT2D eigenvalue weighted by atomic mass is 79.9. The zero-order valence-corrected chi connectivity index (χ0v) is 11.0. The Bertz CT molecular complexity index is 584. The van der Waals surface area contributed by atoms with Gasteiger partial charge in [0.2, 0.25) is 11.7 Å². The minimum atomic E-state index is -0.499. The van der Waals surface area contributed by atoms with Crippen LogP contribution in [0.15, 0.2) is 27.3 Å². The van der Waals surface area contributed by atoms with E-state index in [1.165, 1.54) is 12.3 Å². The third-order valence-corrected chi connectivity index (χ3v) is 2.54. The maximum absolute atomic E-state index is 10.9. The number of nitrogens with zero attached hydrogens (tertiary/aromatic N) is 3. The summed E-state index contributed by atoms with van der Waals surface area (Å²) in [5.41, 5.74) is -0.104. The monoisotopic (exact) mass is 312 g/mol. The van der Waals surface area contributed by atoms with Crippen LogP contribution in [0.4, 0.5) is 11.5 Å². The van der Waals surface area contributed by atoms with E-state index in [0.29, 0.717) is 16.1 Å². The molecule has 1 N–H and O–H groups in total. The highest BCUT2D eigenvalue weighted by molar-refractivity contribution is 9.10. The Balaban J connectivity index is 2.16. The third kappa shape index (κ3) is 2.83. The van der Waals surface area contributed by atoms with Gasteiger partial charge in [-0.1, -0.05) is 0 Å². The fourth-order valence-corrected chi connectivity index (χ4v) is 1.67. The molecule has 0 aliphatic heterocycles. The van der Waals surface area contributed by atoms with E-state index in [1.54, 1.807) is 13.1 Å². The summed E-state index contributed by atoms with van der Waals surface area (Å²) in [6, 6.07) is 1.39. The van der Waals surface area contributed by atoms with Gasteiger partial charge < -0.3 is 9.73 Å². The predicted octanol–water partition coefficient (Wildman–Crippen LogP) is 2.66. The van der Waals surface area contributed by atoms with Gasteiger partial charge in [-0.3, -0.25) is 10.1 Å². The minimum Gasteiger partial charge on any atom is -0.444 e. The van der Waals surface area contributed by atoms with E-state index in [2.05, 4.69) is 31.2 Å². The second-order valence-corrected chi connectivity index (χ2v) is 4.41. The molecule has 2 rings (SSSR count). The van der Waals surface area contributed by atoms with Crippen molar-refractivity contribution in [1.82, 2.24) is 9.97 Å². The molecule has 0 fully saturated rings. The molecular weight excluding hydrogens is 304 g/mol. The average Bonchev–Trinajstić information content (AvgIpc) is 2.73. The van der Waals surface area contributed by atoms with Gasteiger partial charge in [-0.25, -0.2) is 9.97 Å². The number of anilines is 1. The molecule has 94 valence electrons. The van der Waals surface area contributed by atoms with Gasteiger partial charge in [0, 0.05) is 16.7 Å². The van der Waals surface area contributed by atoms with Crippen LogP contribution in [0, 0.1) is 17.0 Å². The number of hydrogen-bond donors (Lipinski definition) is 1. The van der Waals surface area contributed by atoms with E-state index < -0.39 is 4.92 Å². The minimum absolute atomic E-state index is 0.104. The van der Waals surface area contributed by atoms with Crippen molar-refractivity contribution < 1.29 is 9.34 Å². The topological polar surface area (TPSA) is 94.1 Å². The van der Waals surface area contributed by atoms with Crippen LogP contribution in [0.3, 0.4) is 0 Å². The van der Waals surface area contributed by atoms with Gasteiger partial charge in [0.05, 0.1) is 17.7 Å². The first kappa shape index (κ1) is 12.5. The maximum atomic E-state index is 10.9. The van der Waals surface area contributed by atoms with E-state index in [9.17, 15) is 10.1 Å². The average molecular weight is 313 g/mol. The molecule has 0 aliphatic rings. The molecule has 8 heteroatoms. The third-order valence-electron chi connectivity index (χ3n) is 2.11. The van der Waals surface area contributed by atoms with Crippen LogP contribution in [0.5, 0.6) is 0 Å². The molecule has 7 nitrogen and oxygen atoms in total. The summed E-state index contributed by atoms with van der Waals surface area (Å²) < 4.78 is 5.80. The molecule has 2 aromatic heterocycles. The van der Waals surface area contributed by atoms with Crippen molar-refractivity contribution in [2.24, 2.45) is 0 Å². The number of aryl methyl sites for hydroxylation is 1. The first-order valence-corrected chi connectivity index (χ1v) is 5.80. The fourth-order valence-electron chi connectivity index (χ4n) is 1.35. The summed E-state index contributed by atoms with van der Waals surface area (Å²) in [5, 5.41) is 13.7. The zero-order chi connectivity index (χ0) is 13.1. The lowest BCUT2D eigenvalue weighted by atomic mass is 10.4. The first-order valence-electron chi connectivity index (χ1n) is 5.01. The van der Waals surface area contributed by atoms with Crippen LogP contribution in [-0.4, -0.2) is 14.9 Å². The lowest BCUT2D eigenvalue weighted by Crippen LogP contribution is -2.04. The van der Waals surface area contributed by atoms with E-state index in [0.717, 1.165) is 0 Å². The van der Waals surface area contributed by atoms with Crippen LogP contribution in [0.2, 0.25) is 0 Å². The van der Waals surface area contributed by atoms with Gasteiger partial charge in [-0.05, 0) is 22.9 Å². The second-order valence-electron chi connectivity index (χ2n) is 3.50. The largest absolute Gasteiger partial charge is 0.444 e. The molecule has 0 aliphatic carbocycles. The van der Waals surface area contributed by atoms with E-state index in [4.69, 9.17) is 4.42 Å². The summed E-state index contributed by atoms with van der Waals surface area (Å²) in [4.78, 5) is 18.3. The number of pyridine rings is 1. The van der Waals surface area contributed by atoms with Gasteiger partial charge in [-0.15, -0.1) is 0 Å². The maximum Gasteiger partial charge on any atom is 0.312 e. The normalized spacial score (nSPS) is 10.3. The molecule has 0 unspecified atom stereocenters. The van der Waals surface area contributed by atoms with Gasteiger partial charge in [-0.2, -0.15) is 0 Å². The molecule has 0 saturated carbocycles. The van der Waals surface area contributed by atoms with Gasteiger partial charge in [0.1, 0.15) is 5.76 Å². The number of rotatable bonds is 4. The molecule has 0 aromatic carbocycles. The molecule has 2 aromatic rings. The van der Waals surface area contributed by atoms with E-state index >= 15 is 0 Å². The molecule has 2 heterocycles. The second kappa shape index (κ2) is 5.13. The van der Waals surface area contributed by atoms with Crippen molar-refractivity contribution in [3.05, 3.63) is 44.7 Å². The predicted molar refractivity (Wildman–Crippen MR) is 67.2 cm³/mol. The van der Waals surface area contributed by atoms with Crippen molar-refractivity contribution in [2.45, 2.75) is 13.5 Å². The molecule has 0 amide bonds. The summed E-state index contributed by atoms with van der Waals surface area (Å²) in [7, 11) is 0.